The van der Waals surface area contributed by atoms with E-state index >= 15 is 0 Å². The van der Waals surface area contributed by atoms with Crippen LogP contribution in [0.3, 0.4) is 0 Å². The number of aryl methyl sites for hydroxylation is 2. The van der Waals surface area contributed by atoms with E-state index in [-0.39, 0.29) is 0 Å². The lowest BCUT2D eigenvalue weighted by molar-refractivity contribution is 0.799. The second kappa shape index (κ2) is 5.05. The van der Waals surface area contributed by atoms with Crippen LogP contribution in [0.4, 0.5) is 5.95 Å². The molecule has 19 heavy (non-hydrogen) atoms. The van der Waals surface area contributed by atoms with Crippen molar-refractivity contribution >= 4 is 11.6 Å². The summed E-state index contributed by atoms with van der Waals surface area (Å²) in [6.07, 6.45) is 5.23. The zero-order valence-electron chi connectivity index (χ0n) is 10.7. The molecule has 7 heteroatoms. The van der Waals surface area contributed by atoms with Gasteiger partial charge in [-0.3, -0.25) is 5.10 Å². The van der Waals surface area contributed by atoms with Gasteiger partial charge in [0.25, 0.3) is 0 Å². The van der Waals surface area contributed by atoms with Crippen molar-refractivity contribution in [2.24, 2.45) is 0 Å². The molecule has 0 saturated heterocycles. The highest BCUT2D eigenvalue weighted by molar-refractivity contribution is 5.49. The van der Waals surface area contributed by atoms with Gasteiger partial charge in [-0.25, -0.2) is 9.50 Å². The van der Waals surface area contributed by atoms with E-state index in [0.29, 0.717) is 5.95 Å². The van der Waals surface area contributed by atoms with Gasteiger partial charge in [0, 0.05) is 19.2 Å². The molecule has 0 aliphatic heterocycles. The van der Waals surface area contributed by atoms with Crippen LogP contribution in [0, 0.1) is 6.92 Å². The maximum Gasteiger partial charge on any atom is 0.243 e. The molecule has 2 N–H and O–H groups in total. The molecule has 3 aromatic heterocycles. The van der Waals surface area contributed by atoms with Gasteiger partial charge in [0.2, 0.25) is 5.95 Å². The van der Waals surface area contributed by atoms with Gasteiger partial charge in [0.05, 0.1) is 0 Å². The van der Waals surface area contributed by atoms with Crippen LogP contribution in [-0.2, 0) is 6.42 Å². The van der Waals surface area contributed by atoms with Gasteiger partial charge < -0.3 is 5.32 Å². The van der Waals surface area contributed by atoms with Crippen LogP contribution < -0.4 is 5.32 Å². The molecule has 0 aliphatic rings. The number of pyridine rings is 1. The summed E-state index contributed by atoms with van der Waals surface area (Å²) in [6.45, 7) is 2.83. The van der Waals surface area contributed by atoms with Crippen LogP contribution in [0.5, 0.6) is 0 Å². The number of fused-ring (bicyclic) bond motifs is 1. The number of aromatic nitrogens is 6. The Morgan fingerprint density at radius 1 is 1.42 bits per heavy atom. The molecular formula is C12H15N7. The van der Waals surface area contributed by atoms with Crippen molar-refractivity contribution in [1.82, 2.24) is 29.8 Å². The smallest absolute Gasteiger partial charge is 0.243 e. The molecule has 0 radical (unpaired) electrons. The Morgan fingerprint density at radius 2 is 2.37 bits per heavy atom. The highest BCUT2D eigenvalue weighted by Gasteiger charge is 2.04. The normalized spacial score (nSPS) is 11.0. The molecule has 0 aromatic carbocycles. The Labute approximate surface area is 110 Å². The molecule has 3 heterocycles. The molecule has 0 aliphatic carbocycles. The number of nitrogens with one attached hydrogen (secondary N) is 2. The van der Waals surface area contributed by atoms with Crippen LogP contribution in [0.2, 0.25) is 0 Å². The fourth-order valence-electron chi connectivity index (χ4n) is 1.92. The SMILES string of the molecule is Cc1cccn2nc(NCCCc3ncn[nH]3)nc12. The Bertz CT molecular complexity index is 656. The first kappa shape index (κ1) is 11.6. The zero-order valence-corrected chi connectivity index (χ0v) is 10.7. The minimum atomic E-state index is 0.659. The van der Waals surface area contributed by atoms with E-state index in [0.717, 1.165) is 36.4 Å². The van der Waals surface area contributed by atoms with Crippen LogP contribution in [0.15, 0.2) is 24.7 Å². The van der Waals surface area contributed by atoms with Gasteiger partial charge in [-0.15, -0.1) is 5.10 Å². The van der Waals surface area contributed by atoms with Gasteiger partial charge in [-0.2, -0.15) is 10.1 Å². The van der Waals surface area contributed by atoms with Crippen LogP contribution >= 0.6 is 0 Å². The molecule has 0 atom stereocenters. The molecule has 98 valence electrons. The third kappa shape index (κ3) is 2.54. The van der Waals surface area contributed by atoms with Crippen molar-refractivity contribution in [3.8, 4) is 0 Å². The number of aromatic amines is 1. The molecule has 0 spiro atoms. The quantitative estimate of drug-likeness (QED) is 0.671. The first-order chi connectivity index (χ1) is 9.33. The lowest BCUT2D eigenvalue weighted by Crippen LogP contribution is -2.05. The molecular weight excluding hydrogens is 242 g/mol. The minimum absolute atomic E-state index is 0.659. The first-order valence-electron chi connectivity index (χ1n) is 6.23. The van der Waals surface area contributed by atoms with Gasteiger partial charge in [-0.1, -0.05) is 6.07 Å². The maximum absolute atomic E-state index is 4.45. The zero-order chi connectivity index (χ0) is 13.1. The fraction of sp³-hybridized carbons (Fsp3) is 0.333. The summed E-state index contributed by atoms with van der Waals surface area (Å²) in [5, 5.41) is 14.2. The van der Waals surface area contributed by atoms with Crippen molar-refractivity contribution in [1.29, 1.82) is 0 Å². The maximum atomic E-state index is 4.45. The van der Waals surface area contributed by atoms with E-state index in [9.17, 15) is 0 Å². The average molecular weight is 257 g/mol. The Morgan fingerprint density at radius 3 is 3.16 bits per heavy atom. The third-order valence-corrected chi connectivity index (χ3v) is 2.90. The van der Waals surface area contributed by atoms with Crippen LogP contribution in [0.25, 0.3) is 5.65 Å². The molecule has 0 fully saturated rings. The summed E-state index contributed by atoms with van der Waals surface area (Å²) in [4.78, 5) is 8.53. The fourth-order valence-corrected chi connectivity index (χ4v) is 1.92. The highest BCUT2D eigenvalue weighted by Crippen LogP contribution is 2.09. The Balaban J connectivity index is 1.58. The Kier molecular flexibility index (Phi) is 3.09. The van der Waals surface area contributed by atoms with E-state index in [1.165, 1.54) is 6.33 Å². The lowest BCUT2D eigenvalue weighted by atomic mass is 10.3. The summed E-state index contributed by atoms with van der Waals surface area (Å²) in [5.74, 6) is 1.56. The topological polar surface area (TPSA) is 83.8 Å². The molecule has 7 nitrogen and oxygen atoms in total. The van der Waals surface area contributed by atoms with Gasteiger partial charge in [-0.05, 0) is 25.0 Å². The predicted octanol–water partition coefficient (Wildman–Crippen LogP) is 1.20. The largest absolute Gasteiger partial charge is 0.353 e. The molecule has 3 rings (SSSR count). The first-order valence-corrected chi connectivity index (χ1v) is 6.23. The second-order valence-electron chi connectivity index (χ2n) is 4.36. The summed E-state index contributed by atoms with van der Waals surface area (Å²) >= 11 is 0. The number of H-pyrrole nitrogens is 1. The van der Waals surface area contributed by atoms with Gasteiger partial charge >= 0.3 is 0 Å². The van der Waals surface area contributed by atoms with Gasteiger partial charge in [0.1, 0.15) is 12.2 Å². The lowest BCUT2D eigenvalue weighted by Gasteiger charge is -1.99. The number of anilines is 1. The van der Waals surface area contributed by atoms with E-state index < -0.39 is 0 Å². The summed E-state index contributed by atoms with van der Waals surface area (Å²) in [7, 11) is 0. The van der Waals surface area contributed by atoms with Crippen LogP contribution in [0.1, 0.15) is 17.8 Å². The van der Waals surface area contributed by atoms with Gasteiger partial charge in [0.15, 0.2) is 5.65 Å². The van der Waals surface area contributed by atoms with Crippen molar-refractivity contribution in [2.45, 2.75) is 19.8 Å². The standard InChI is InChI=1S/C12H15N7/c1-9-4-3-7-19-11(9)16-12(18-19)13-6-2-5-10-14-8-15-17-10/h3-4,7-8H,2,5-6H2,1H3,(H,13,18)(H,14,15,17). The monoisotopic (exact) mass is 257 g/mol. The van der Waals surface area contributed by atoms with Crippen molar-refractivity contribution in [3.05, 3.63) is 36.0 Å². The molecule has 0 saturated carbocycles. The number of hydrogen-bond acceptors (Lipinski definition) is 5. The van der Waals surface area contributed by atoms with E-state index in [2.05, 4.69) is 30.6 Å². The highest BCUT2D eigenvalue weighted by atomic mass is 15.3. The van der Waals surface area contributed by atoms with Crippen molar-refractivity contribution in [3.63, 3.8) is 0 Å². The summed E-state index contributed by atoms with van der Waals surface area (Å²) in [5.41, 5.74) is 2.00. The molecule has 0 amide bonds. The summed E-state index contributed by atoms with van der Waals surface area (Å²) < 4.78 is 1.79. The second-order valence-corrected chi connectivity index (χ2v) is 4.36. The molecule has 3 aromatic rings. The van der Waals surface area contributed by atoms with E-state index in [1.807, 2.05) is 25.3 Å². The Hall–Kier alpha value is -2.44. The number of nitrogens with zero attached hydrogens (tertiary/aromatic N) is 5. The van der Waals surface area contributed by atoms with Crippen molar-refractivity contribution < 1.29 is 0 Å². The molecule has 0 bridgehead atoms. The number of hydrogen-bond donors (Lipinski definition) is 2. The van der Waals surface area contributed by atoms with E-state index in [1.54, 1.807) is 4.52 Å². The molecule has 0 unspecified atom stereocenters. The average Bonchev–Trinajstić information content (AvgIpc) is 3.04. The summed E-state index contributed by atoms with van der Waals surface area (Å²) in [6, 6.07) is 3.99. The number of rotatable bonds is 5. The third-order valence-electron chi connectivity index (χ3n) is 2.90. The van der Waals surface area contributed by atoms with E-state index in [4.69, 9.17) is 0 Å². The van der Waals surface area contributed by atoms with Crippen LogP contribution in [-0.4, -0.2) is 36.3 Å². The van der Waals surface area contributed by atoms with Crippen molar-refractivity contribution in [2.75, 3.05) is 11.9 Å². The predicted molar refractivity (Wildman–Crippen MR) is 70.9 cm³/mol. The minimum Gasteiger partial charge on any atom is -0.353 e.